The van der Waals surface area contributed by atoms with Gasteiger partial charge in [0, 0.05) is 21.5 Å². The molecular weight excluding hydrogens is 341 g/mol. The predicted octanol–water partition coefficient (Wildman–Crippen LogP) is 5.29. The number of aromatic nitrogens is 2. The van der Waals surface area contributed by atoms with Crippen molar-refractivity contribution in [3.05, 3.63) is 39.8 Å². The van der Waals surface area contributed by atoms with Gasteiger partial charge in [-0.2, -0.15) is 0 Å². The maximum absolute atomic E-state index is 8.82. The van der Waals surface area contributed by atoms with Crippen LogP contribution in [0.1, 0.15) is 38.2 Å². The highest BCUT2D eigenvalue weighted by molar-refractivity contribution is 7.99. The van der Waals surface area contributed by atoms with E-state index in [1.165, 1.54) is 6.21 Å². The first-order chi connectivity index (χ1) is 10.5. The summed E-state index contributed by atoms with van der Waals surface area (Å²) in [6.45, 7) is 6.90. The topological polar surface area (TPSA) is 50.4 Å². The smallest absolute Gasteiger partial charge is 0.155 e. The van der Waals surface area contributed by atoms with Crippen molar-refractivity contribution in [3.63, 3.8) is 0 Å². The molecule has 118 valence electrons. The van der Waals surface area contributed by atoms with Crippen molar-refractivity contribution in [2.75, 3.05) is 0 Å². The van der Waals surface area contributed by atoms with E-state index in [0.717, 1.165) is 22.2 Å². The third-order valence-electron chi connectivity index (χ3n) is 3.06. The zero-order valence-corrected chi connectivity index (χ0v) is 14.9. The molecule has 0 saturated carbocycles. The Hall–Kier alpha value is -1.17. The van der Waals surface area contributed by atoms with E-state index in [1.54, 1.807) is 17.8 Å². The van der Waals surface area contributed by atoms with Gasteiger partial charge in [0.15, 0.2) is 5.82 Å². The number of imidazole rings is 1. The average molecular weight is 358 g/mol. The quantitative estimate of drug-likeness (QED) is 0.449. The van der Waals surface area contributed by atoms with E-state index in [4.69, 9.17) is 28.4 Å². The first-order valence-electron chi connectivity index (χ1n) is 6.88. The van der Waals surface area contributed by atoms with Gasteiger partial charge in [-0.3, -0.25) is 0 Å². The third kappa shape index (κ3) is 3.77. The summed E-state index contributed by atoms with van der Waals surface area (Å²) in [6.07, 6.45) is 1.35. The first-order valence-corrected chi connectivity index (χ1v) is 8.45. The van der Waals surface area contributed by atoms with Gasteiger partial charge in [0.1, 0.15) is 11.2 Å². The molecule has 0 bridgehead atoms. The molecule has 0 aliphatic heterocycles. The summed E-state index contributed by atoms with van der Waals surface area (Å²) < 4.78 is 2.01. The Morgan fingerprint density at radius 2 is 1.95 bits per heavy atom. The van der Waals surface area contributed by atoms with Crippen LogP contribution in [0.3, 0.4) is 0 Å². The summed E-state index contributed by atoms with van der Waals surface area (Å²) in [4.78, 5) is 5.52. The zero-order valence-electron chi connectivity index (χ0n) is 12.5. The molecule has 0 amide bonds. The summed E-state index contributed by atoms with van der Waals surface area (Å²) in [6, 6.07) is 5.45. The average Bonchev–Trinajstić information content (AvgIpc) is 2.76. The number of oxime groups is 1. The highest BCUT2D eigenvalue weighted by Crippen LogP contribution is 2.36. The van der Waals surface area contributed by atoms with Gasteiger partial charge in [0.05, 0.1) is 5.69 Å². The van der Waals surface area contributed by atoms with Crippen LogP contribution in [0.15, 0.2) is 33.3 Å². The fraction of sp³-hybridized carbons (Fsp3) is 0.333. The molecule has 1 N–H and O–H groups in total. The van der Waals surface area contributed by atoms with Crippen molar-refractivity contribution in [3.8, 4) is 0 Å². The molecule has 0 unspecified atom stereocenters. The number of nitrogens with zero attached hydrogens (tertiary/aromatic N) is 3. The fourth-order valence-corrected chi connectivity index (χ4v) is 4.08. The molecule has 1 heterocycles. The monoisotopic (exact) mass is 357 g/mol. The Labute approximate surface area is 144 Å². The SMILES string of the molecule is CCn1c(/C=N/O)nc(C(C)C)c1Sc1cc(Cl)cc(Cl)c1. The molecule has 0 aliphatic rings. The molecule has 0 aliphatic carbocycles. The second-order valence-electron chi connectivity index (χ2n) is 5.01. The van der Waals surface area contributed by atoms with Crippen LogP contribution in [0.4, 0.5) is 0 Å². The Morgan fingerprint density at radius 1 is 1.32 bits per heavy atom. The van der Waals surface area contributed by atoms with Crippen LogP contribution in [0.25, 0.3) is 0 Å². The summed E-state index contributed by atoms with van der Waals surface area (Å²) in [5.74, 6) is 0.875. The largest absolute Gasteiger partial charge is 0.411 e. The predicted molar refractivity (Wildman–Crippen MR) is 92.0 cm³/mol. The van der Waals surface area contributed by atoms with Gasteiger partial charge in [-0.25, -0.2) is 4.98 Å². The molecule has 2 rings (SSSR count). The van der Waals surface area contributed by atoms with Crippen LogP contribution in [0, 0.1) is 0 Å². The zero-order chi connectivity index (χ0) is 16.3. The Bertz CT molecular complexity index is 678. The molecule has 1 aromatic carbocycles. The summed E-state index contributed by atoms with van der Waals surface area (Å²) in [5.41, 5.74) is 0.956. The molecule has 0 atom stereocenters. The van der Waals surface area contributed by atoms with E-state index in [-0.39, 0.29) is 5.92 Å². The number of hydrogen-bond donors (Lipinski definition) is 1. The second kappa shape index (κ2) is 7.40. The number of benzene rings is 1. The normalized spacial score (nSPS) is 11.7. The molecule has 22 heavy (non-hydrogen) atoms. The molecule has 0 spiro atoms. The number of halogens is 2. The third-order valence-corrected chi connectivity index (χ3v) is 4.59. The molecule has 0 radical (unpaired) electrons. The van der Waals surface area contributed by atoms with Crippen molar-refractivity contribution in [1.82, 2.24) is 9.55 Å². The highest BCUT2D eigenvalue weighted by Gasteiger charge is 2.19. The van der Waals surface area contributed by atoms with Crippen molar-refractivity contribution in [1.29, 1.82) is 0 Å². The standard InChI is InChI=1S/C15H17Cl2N3OS/c1-4-20-13(8-18-21)19-14(9(2)3)15(20)22-12-6-10(16)5-11(17)7-12/h5-9,21H,4H2,1-3H3/b18-8+. The summed E-state index contributed by atoms with van der Waals surface area (Å²) >= 11 is 13.7. The number of hydrogen-bond acceptors (Lipinski definition) is 4. The van der Waals surface area contributed by atoms with E-state index < -0.39 is 0 Å². The lowest BCUT2D eigenvalue weighted by Gasteiger charge is -2.11. The highest BCUT2D eigenvalue weighted by atomic mass is 35.5. The molecular formula is C15H17Cl2N3OS. The summed E-state index contributed by atoms with van der Waals surface area (Å²) in [5, 5.41) is 14.1. The van der Waals surface area contributed by atoms with Crippen LogP contribution in [-0.2, 0) is 6.54 Å². The maximum atomic E-state index is 8.82. The van der Waals surface area contributed by atoms with Crippen LogP contribution < -0.4 is 0 Å². The molecule has 4 nitrogen and oxygen atoms in total. The van der Waals surface area contributed by atoms with Gasteiger partial charge in [0.2, 0.25) is 0 Å². The molecule has 7 heteroatoms. The lowest BCUT2D eigenvalue weighted by molar-refractivity contribution is 0.321. The van der Waals surface area contributed by atoms with Gasteiger partial charge >= 0.3 is 0 Å². The van der Waals surface area contributed by atoms with Crippen molar-refractivity contribution < 1.29 is 5.21 Å². The van der Waals surface area contributed by atoms with Gasteiger partial charge in [-0.1, -0.05) is 54.0 Å². The lowest BCUT2D eigenvalue weighted by Crippen LogP contribution is -2.02. The van der Waals surface area contributed by atoms with Crippen LogP contribution in [-0.4, -0.2) is 21.0 Å². The Balaban J connectivity index is 2.52. The Kier molecular flexibility index (Phi) is 5.78. The van der Waals surface area contributed by atoms with Gasteiger partial charge in [-0.15, -0.1) is 0 Å². The van der Waals surface area contributed by atoms with Crippen molar-refractivity contribution >= 4 is 41.2 Å². The minimum absolute atomic E-state index is 0.246. The minimum Gasteiger partial charge on any atom is -0.411 e. The molecule has 1 aromatic heterocycles. The van der Waals surface area contributed by atoms with E-state index >= 15 is 0 Å². The van der Waals surface area contributed by atoms with Crippen LogP contribution in [0.2, 0.25) is 10.0 Å². The van der Waals surface area contributed by atoms with Gasteiger partial charge < -0.3 is 9.77 Å². The molecule has 0 saturated heterocycles. The second-order valence-corrected chi connectivity index (χ2v) is 6.95. The van der Waals surface area contributed by atoms with E-state index in [2.05, 4.69) is 24.0 Å². The lowest BCUT2D eigenvalue weighted by atomic mass is 10.1. The van der Waals surface area contributed by atoms with Crippen LogP contribution in [0.5, 0.6) is 0 Å². The Morgan fingerprint density at radius 3 is 2.45 bits per heavy atom. The number of rotatable bonds is 5. The summed E-state index contributed by atoms with van der Waals surface area (Å²) in [7, 11) is 0. The molecule has 2 aromatic rings. The first kappa shape index (κ1) is 17.2. The maximum Gasteiger partial charge on any atom is 0.155 e. The van der Waals surface area contributed by atoms with E-state index in [1.807, 2.05) is 23.6 Å². The van der Waals surface area contributed by atoms with Gasteiger partial charge in [-0.05, 0) is 31.0 Å². The van der Waals surface area contributed by atoms with E-state index in [9.17, 15) is 0 Å². The fourth-order valence-electron chi connectivity index (χ4n) is 2.11. The van der Waals surface area contributed by atoms with Crippen LogP contribution >= 0.6 is 35.0 Å². The van der Waals surface area contributed by atoms with Crippen molar-refractivity contribution in [2.24, 2.45) is 5.16 Å². The van der Waals surface area contributed by atoms with Crippen molar-refractivity contribution in [2.45, 2.75) is 43.2 Å². The van der Waals surface area contributed by atoms with Gasteiger partial charge in [0.25, 0.3) is 0 Å². The molecule has 0 fully saturated rings. The van der Waals surface area contributed by atoms with E-state index in [0.29, 0.717) is 15.9 Å². The minimum atomic E-state index is 0.246.